The molecule has 0 unspecified atom stereocenters. The largest absolute Gasteiger partial charge is 2.00 e. The van der Waals surface area contributed by atoms with E-state index in [1.165, 1.54) is 0 Å². The SMILES string of the molecule is [Ni+2].[Ni+2].[Ni+2].[Ni+2].[Ni+2].[Ni+2].[O-]B([O-])[O-].[O-]B([O-])[O-].[O-]B([O-])[O-].[O-]B([O-])[O-]. The van der Waals surface area contributed by atoms with Crippen LogP contribution in [0.3, 0.4) is 0 Å². The van der Waals surface area contributed by atoms with Crippen LogP contribution in [-0.2, 0) is 98.9 Å². The van der Waals surface area contributed by atoms with Crippen LogP contribution in [0.5, 0.6) is 0 Å². The second-order valence-corrected chi connectivity index (χ2v) is 1.15. The van der Waals surface area contributed by atoms with E-state index >= 15 is 0 Å². The zero-order valence-corrected chi connectivity index (χ0v) is 15.0. The first-order valence-electron chi connectivity index (χ1n) is 2.83. The van der Waals surface area contributed by atoms with Crippen molar-refractivity contribution in [2.45, 2.75) is 0 Å². The Kier molecular flexibility index (Phi) is 165. The molecule has 0 atom stereocenters. The molecule has 0 aromatic rings. The van der Waals surface area contributed by atoms with E-state index in [9.17, 15) is 0 Å². The fourth-order valence-electron chi connectivity index (χ4n) is 0. The molecule has 0 aliphatic heterocycles. The van der Waals surface area contributed by atoms with Crippen LogP contribution in [0.1, 0.15) is 0 Å². The molecule has 22 heteroatoms. The minimum atomic E-state index is -2.92. The topological polar surface area (TPSA) is 277 Å². The van der Waals surface area contributed by atoms with Gasteiger partial charge < -0.3 is 60.3 Å². The molecule has 0 rings (SSSR count). The van der Waals surface area contributed by atoms with Gasteiger partial charge in [0.1, 0.15) is 0 Å². The Bertz CT molecular complexity index is 74.6. The third-order valence-electron chi connectivity index (χ3n) is 0. The normalized spacial score (nSPS) is 4.91. The van der Waals surface area contributed by atoms with Gasteiger partial charge >= 0.3 is 98.9 Å². The molecule has 0 N–H and O–H groups in total. The Morgan fingerprint density at radius 2 is 0.227 bits per heavy atom. The first kappa shape index (κ1) is 64.2. The van der Waals surface area contributed by atoms with Crippen molar-refractivity contribution >= 4 is 29.3 Å². The summed E-state index contributed by atoms with van der Waals surface area (Å²) in [4.78, 5) is 0. The Morgan fingerprint density at radius 3 is 0.227 bits per heavy atom. The third-order valence-corrected chi connectivity index (χ3v) is 0. The summed E-state index contributed by atoms with van der Waals surface area (Å²) in [5.74, 6) is 0. The molecule has 0 amide bonds. The van der Waals surface area contributed by atoms with E-state index in [2.05, 4.69) is 0 Å². The Labute approximate surface area is 187 Å². The molecule has 0 aliphatic rings. The van der Waals surface area contributed by atoms with Crippen molar-refractivity contribution in [1.29, 1.82) is 0 Å². The van der Waals surface area contributed by atoms with Crippen molar-refractivity contribution in [2.75, 3.05) is 0 Å². The summed E-state index contributed by atoms with van der Waals surface area (Å²) >= 11 is 0. The van der Waals surface area contributed by atoms with Crippen LogP contribution in [0.15, 0.2) is 0 Å². The van der Waals surface area contributed by atoms with Gasteiger partial charge in [0, 0.05) is 0 Å². The first-order valence-corrected chi connectivity index (χ1v) is 2.83. The average Bonchev–Trinajstić information content (AvgIpc) is 1.76. The predicted molar refractivity (Wildman–Crippen MR) is 23.0 cm³/mol. The zero-order valence-electron chi connectivity index (χ0n) is 9.11. The summed E-state index contributed by atoms with van der Waals surface area (Å²) in [6, 6.07) is 0. The number of hydrogen-bond donors (Lipinski definition) is 0. The van der Waals surface area contributed by atoms with Crippen molar-refractivity contribution in [3.05, 3.63) is 0 Å². The summed E-state index contributed by atoms with van der Waals surface area (Å²) in [7, 11) is -11.7. The van der Waals surface area contributed by atoms with Crippen molar-refractivity contribution < 1.29 is 159 Å². The van der Waals surface area contributed by atoms with Crippen molar-refractivity contribution in [2.24, 2.45) is 0 Å². The second-order valence-electron chi connectivity index (χ2n) is 1.15. The molecule has 0 aromatic carbocycles. The average molecular weight is 587 g/mol. The molecule has 0 saturated heterocycles. The van der Waals surface area contributed by atoms with Gasteiger partial charge in [-0.1, -0.05) is 0 Å². The fourth-order valence-corrected chi connectivity index (χ4v) is 0. The second kappa shape index (κ2) is 56.5. The maximum Gasteiger partial charge on any atom is 2.00 e. The molecular formula is B4Ni6O12. The van der Waals surface area contributed by atoms with Gasteiger partial charge in [0.15, 0.2) is 0 Å². The van der Waals surface area contributed by atoms with E-state index in [0.717, 1.165) is 0 Å². The quantitative estimate of drug-likeness (QED) is 0.239. The van der Waals surface area contributed by atoms with Gasteiger partial charge in [0.05, 0.1) is 0 Å². The van der Waals surface area contributed by atoms with Gasteiger partial charge in [-0.2, -0.15) is 0 Å². The molecular weight excluding hydrogens is 587 g/mol. The van der Waals surface area contributed by atoms with E-state index in [1.54, 1.807) is 0 Å². The van der Waals surface area contributed by atoms with Crippen LogP contribution in [0.4, 0.5) is 0 Å². The van der Waals surface area contributed by atoms with E-state index < -0.39 is 29.3 Å². The van der Waals surface area contributed by atoms with Crippen LogP contribution in [0, 0.1) is 0 Å². The van der Waals surface area contributed by atoms with Crippen molar-refractivity contribution in [3.8, 4) is 0 Å². The molecule has 22 heavy (non-hydrogen) atoms. The standard InChI is InChI=1S/4BO3.6Ni/c4*2-1(3)4;;;;;;/q4*-3;6*+2. The third kappa shape index (κ3) is 1430. The Balaban J connectivity index is -0.00000001000. The van der Waals surface area contributed by atoms with Crippen molar-refractivity contribution in [3.63, 3.8) is 0 Å². The van der Waals surface area contributed by atoms with Crippen LogP contribution in [-0.4, -0.2) is 29.3 Å². The fraction of sp³-hybridized carbons (Fsp3) is 0. The van der Waals surface area contributed by atoms with Gasteiger partial charge in [-0.15, -0.1) is 0 Å². The van der Waals surface area contributed by atoms with Gasteiger partial charge in [0.2, 0.25) is 0 Å². The summed E-state index contributed by atoms with van der Waals surface area (Å²) in [5, 5.41) is 101. The van der Waals surface area contributed by atoms with Gasteiger partial charge in [-0.05, 0) is 0 Å². The number of hydrogen-bond acceptors (Lipinski definition) is 12. The summed E-state index contributed by atoms with van der Waals surface area (Å²) < 4.78 is 0. The molecule has 0 aromatic heterocycles. The molecule has 0 aliphatic carbocycles. The zero-order chi connectivity index (χ0) is 14.3. The molecule has 0 bridgehead atoms. The van der Waals surface area contributed by atoms with Gasteiger partial charge in [0.25, 0.3) is 0 Å². The van der Waals surface area contributed by atoms with E-state index in [1.807, 2.05) is 0 Å². The van der Waals surface area contributed by atoms with Crippen molar-refractivity contribution in [1.82, 2.24) is 0 Å². The summed E-state index contributed by atoms with van der Waals surface area (Å²) in [6.45, 7) is 0. The minimum absolute atomic E-state index is 0. The Morgan fingerprint density at radius 1 is 0.227 bits per heavy atom. The molecule has 0 heterocycles. The Hall–Kier alpha value is 2.74. The van der Waals surface area contributed by atoms with Crippen LogP contribution in [0.25, 0.3) is 0 Å². The first-order chi connectivity index (χ1) is 6.93. The maximum atomic E-state index is 8.42. The minimum Gasteiger partial charge on any atom is -0.907 e. The van der Waals surface area contributed by atoms with Crippen LogP contribution >= 0.6 is 0 Å². The van der Waals surface area contributed by atoms with Gasteiger partial charge in [-0.3, -0.25) is 29.3 Å². The van der Waals surface area contributed by atoms with E-state index in [4.69, 9.17) is 60.3 Å². The predicted octanol–water partition coefficient (Wildman–Crippen LogP) is -15.8. The monoisotopic (exact) mass is 584 g/mol. The van der Waals surface area contributed by atoms with Crippen LogP contribution < -0.4 is 60.3 Å². The molecule has 0 spiro atoms. The smallest absolute Gasteiger partial charge is 0.907 e. The molecule has 0 radical (unpaired) electrons. The van der Waals surface area contributed by atoms with Crippen LogP contribution in [0.2, 0.25) is 0 Å². The summed E-state index contributed by atoms with van der Waals surface area (Å²) in [6.07, 6.45) is 0. The molecule has 12 nitrogen and oxygen atoms in total. The molecule has 144 valence electrons. The molecule has 0 fully saturated rings. The number of rotatable bonds is 0. The van der Waals surface area contributed by atoms with E-state index in [0.29, 0.717) is 0 Å². The molecule has 0 saturated carbocycles. The van der Waals surface area contributed by atoms with E-state index in [-0.39, 0.29) is 98.9 Å². The summed E-state index contributed by atoms with van der Waals surface area (Å²) in [5.41, 5.74) is 0. The van der Waals surface area contributed by atoms with Gasteiger partial charge in [-0.25, -0.2) is 0 Å². The maximum absolute atomic E-state index is 8.42.